The van der Waals surface area contributed by atoms with Crippen LogP contribution in [0.5, 0.6) is 0 Å². The van der Waals surface area contributed by atoms with Crippen LogP contribution in [-0.4, -0.2) is 25.8 Å². The van der Waals surface area contributed by atoms with Crippen LogP contribution in [0.4, 0.5) is 0 Å². The lowest BCUT2D eigenvalue weighted by Gasteiger charge is -2.05. The van der Waals surface area contributed by atoms with Gasteiger partial charge in [0.2, 0.25) is 0 Å². The van der Waals surface area contributed by atoms with Crippen molar-refractivity contribution in [1.82, 2.24) is 0 Å². The summed E-state index contributed by atoms with van der Waals surface area (Å²) in [5.41, 5.74) is 0.512. The van der Waals surface area contributed by atoms with Crippen molar-refractivity contribution in [2.75, 3.05) is 19.8 Å². The number of benzene rings is 1. The molecule has 0 saturated heterocycles. The second-order valence-corrected chi connectivity index (χ2v) is 4.65. The lowest BCUT2D eigenvalue weighted by Crippen LogP contribution is -2.07. The summed E-state index contributed by atoms with van der Waals surface area (Å²) in [5, 5.41) is 0.600. The number of carbonyl (C=O) groups excluding carboxylic acids is 1. The zero-order chi connectivity index (χ0) is 13.9. The maximum atomic E-state index is 11.6. The second-order valence-electron chi connectivity index (χ2n) is 3.67. The van der Waals surface area contributed by atoms with E-state index in [0.29, 0.717) is 30.4 Å². The Morgan fingerprint density at radius 3 is 2.58 bits per heavy atom. The minimum Gasteiger partial charge on any atom is -0.462 e. The van der Waals surface area contributed by atoms with Gasteiger partial charge in [0.15, 0.2) is 0 Å². The predicted octanol–water partition coefficient (Wildman–Crippen LogP) is 3.69. The molecule has 0 fully saturated rings. The fraction of sp³-hybridized carbons (Fsp3) is 0.357. The Morgan fingerprint density at radius 2 is 1.89 bits per heavy atom. The molecule has 3 nitrogen and oxygen atoms in total. The summed E-state index contributed by atoms with van der Waals surface area (Å²) in [5.74, 6) is 2.48. The highest BCUT2D eigenvalue weighted by molar-refractivity contribution is 14.1. The second kappa shape index (κ2) is 10.1. The van der Waals surface area contributed by atoms with E-state index in [9.17, 15) is 4.79 Å². The summed E-state index contributed by atoms with van der Waals surface area (Å²) in [6.45, 7) is 1.47. The van der Waals surface area contributed by atoms with Crippen molar-refractivity contribution in [1.29, 1.82) is 0 Å². The third-order valence-electron chi connectivity index (χ3n) is 2.24. The molecule has 0 aliphatic heterocycles. The number of unbranched alkanes of at least 4 members (excludes halogenated alkanes) is 1. The monoisotopic (exact) mass is 392 g/mol. The summed E-state index contributed by atoms with van der Waals surface area (Å²) in [6, 6.07) is 6.63. The van der Waals surface area contributed by atoms with E-state index in [1.165, 1.54) is 0 Å². The van der Waals surface area contributed by atoms with Crippen LogP contribution in [0.15, 0.2) is 24.3 Å². The van der Waals surface area contributed by atoms with Gasteiger partial charge in [-0.05, 0) is 41.0 Å². The third-order valence-corrected chi connectivity index (χ3v) is 2.87. The molecule has 0 aromatic heterocycles. The highest BCUT2D eigenvalue weighted by Gasteiger charge is 2.05. The van der Waals surface area contributed by atoms with Gasteiger partial charge in [0, 0.05) is 34.2 Å². The van der Waals surface area contributed by atoms with Crippen molar-refractivity contribution >= 4 is 40.2 Å². The van der Waals surface area contributed by atoms with Crippen molar-refractivity contribution < 1.29 is 14.3 Å². The number of hydrogen-bond donors (Lipinski definition) is 0. The molecule has 0 saturated carbocycles. The molecule has 0 aliphatic carbocycles. The molecule has 102 valence electrons. The van der Waals surface area contributed by atoms with Crippen LogP contribution in [0.3, 0.4) is 0 Å². The summed E-state index contributed by atoms with van der Waals surface area (Å²) in [6.07, 6.45) is 1.62. The minimum atomic E-state index is -0.326. The molecule has 0 unspecified atom stereocenters. The van der Waals surface area contributed by atoms with Gasteiger partial charge in [-0.3, -0.25) is 0 Å². The first-order valence-corrected chi connectivity index (χ1v) is 7.28. The fourth-order valence-corrected chi connectivity index (χ4v) is 1.57. The van der Waals surface area contributed by atoms with Crippen molar-refractivity contribution in [2.45, 2.75) is 12.8 Å². The molecule has 1 aromatic rings. The predicted molar refractivity (Wildman–Crippen MR) is 83.6 cm³/mol. The van der Waals surface area contributed by atoms with E-state index >= 15 is 0 Å². The van der Waals surface area contributed by atoms with E-state index in [1.807, 2.05) is 22.6 Å². The molecule has 0 bridgehead atoms. The normalized spacial score (nSPS) is 9.58. The van der Waals surface area contributed by atoms with E-state index in [-0.39, 0.29) is 5.97 Å². The Kier molecular flexibility index (Phi) is 8.63. The maximum absolute atomic E-state index is 11.6. The van der Waals surface area contributed by atoms with E-state index in [4.69, 9.17) is 21.1 Å². The van der Waals surface area contributed by atoms with Gasteiger partial charge in [-0.1, -0.05) is 17.5 Å². The average Bonchev–Trinajstić information content (AvgIpc) is 2.42. The lowest BCUT2D eigenvalue weighted by atomic mass is 10.2. The van der Waals surface area contributed by atoms with Gasteiger partial charge in [0.1, 0.15) is 6.61 Å². The molecule has 0 N–H and O–H groups in total. The molecule has 0 radical (unpaired) electrons. The molecule has 19 heavy (non-hydrogen) atoms. The van der Waals surface area contributed by atoms with Crippen LogP contribution in [0.25, 0.3) is 0 Å². The van der Waals surface area contributed by atoms with Gasteiger partial charge < -0.3 is 9.47 Å². The Balaban J connectivity index is 2.10. The van der Waals surface area contributed by atoms with Crippen LogP contribution >= 0.6 is 34.2 Å². The molecular formula is C14H14ClIO3. The highest BCUT2D eigenvalue weighted by Crippen LogP contribution is 2.10. The topological polar surface area (TPSA) is 35.5 Å². The Bertz CT molecular complexity index is 448. The SMILES string of the molecule is O=C(OCCCCOCC#CI)c1ccc(Cl)cc1. The highest BCUT2D eigenvalue weighted by atomic mass is 127. The molecule has 1 rings (SSSR count). The number of carbonyl (C=O) groups is 1. The largest absolute Gasteiger partial charge is 0.462 e. The Morgan fingerprint density at radius 1 is 1.21 bits per heavy atom. The summed E-state index contributed by atoms with van der Waals surface area (Å²) >= 11 is 7.71. The smallest absolute Gasteiger partial charge is 0.338 e. The Hall–Kier alpha value is -0.770. The van der Waals surface area contributed by atoms with Gasteiger partial charge >= 0.3 is 5.97 Å². The quantitative estimate of drug-likeness (QED) is 0.307. The molecule has 0 atom stereocenters. The lowest BCUT2D eigenvalue weighted by molar-refractivity contribution is 0.0486. The Labute approximate surface area is 131 Å². The number of ether oxygens (including phenoxy) is 2. The van der Waals surface area contributed by atoms with Crippen molar-refractivity contribution in [3.8, 4) is 9.85 Å². The molecule has 0 heterocycles. The standard InChI is InChI=1S/C14H14ClIO3/c15-13-6-4-12(5-7-13)14(17)19-11-2-1-9-18-10-3-8-16/h4-7H,1-2,9-11H2. The van der Waals surface area contributed by atoms with Crippen LogP contribution < -0.4 is 0 Å². The van der Waals surface area contributed by atoms with Crippen molar-refractivity contribution in [3.05, 3.63) is 34.9 Å². The number of rotatable bonds is 7. The van der Waals surface area contributed by atoms with Gasteiger partial charge in [0.05, 0.1) is 12.2 Å². The number of esters is 1. The zero-order valence-electron chi connectivity index (χ0n) is 10.3. The van der Waals surface area contributed by atoms with Gasteiger partial charge in [0.25, 0.3) is 0 Å². The van der Waals surface area contributed by atoms with Crippen LogP contribution in [0.1, 0.15) is 23.2 Å². The molecule has 5 heteroatoms. The molecule has 0 amide bonds. The third kappa shape index (κ3) is 7.41. The van der Waals surface area contributed by atoms with Gasteiger partial charge in [-0.25, -0.2) is 4.79 Å². The average molecular weight is 393 g/mol. The summed E-state index contributed by atoms with van der Waals surface area (Å²) in [4.78, 5) is 11.6. The van der Waals surface area contributed by atoms with E-state index < -0.39 is 0 Å². The minimum absolute atomic E-state index is 0.326. The van der Waals surface area contributed by atoms with Crippen LogP contribution in [0.2, 0.25) is 5.02 Å². The van der Waals surface area contributed by atoms with Crippen molar-refractivity contribution in [3.63, 3.8) is 0 Å². The number of halogens is 2. The molecule has 1 aromatic carbocycles. The van der Waals surface area contributed by atoms with Gasteiger partial charge in [-0.2, -0.15) is 0 Å². The van der Waals surface area contributed by atoms with Crippen LogP contribution in [0, 0.1) is 9.85 Å². The maximum Gasteiger partial charge on any atom is 0.338 e. The fourth-order valence-electron chi connectivity index (χ4n) is 1.29. The van der Waals surface area contributed by atoms with Gasteiger partial charge in [-0.15, -0.1) is 0 Å². The first-order valence-electron chi connectivity index (χ1n) is 5.83. The summed E-state index contributed by atoms with van der Waals surface area (Å²) in [7, 11) is 0. The number of hydrogen-bond acceptors (Lipinski definition) is 3. The van der Waals surface area contributed by atoms with E-state index in [0.717, 1.165) is 12.8 Å². The molecule has 0 aliphatic rings. The first-order chi connectivity index (χ1) is 9.24. The van der Waals surface area contributed by atoms with Crippen LogP contribution in [-0.2, 0) is 9.47 Å². The molecule has 0 spiro atoms. The van der Waals surface area contributed by atoms with E-state index in [1.54, 1.807) is 24.3 Å². The summed E-state index contributed by atoms with van der Waals surface area (Å²) < 4.78 is 13.1. The molecular weight excluding hydrogens is 379 g/mol. The first kappa shape index (κ1) is 16.3. The van der Waals surface area contributed by atoms with Crippen molar-refractivity contribution in [2.24, 2.45) is 0 Å². The zero-order valence-corrected chi connectivity index (χ0v) is 13.2. The van der Waals surface area contributed by atoms with E-state index in [2.05, 4.69) is 9.85 Å².